The van der Waals surface area contributed by atoms with E-state index in [2.05, 4.69) is 19.1 Å². The number of rotatable bonds is 8. The van der Waals surface area contributed by atoms with Crippen LogP contribution in [0.2, 0.25) is 0 Å². The summed E-state index contributed by atoms with van der Waals surface area (Å²) in [5.41, 5.74) is 0. The van der Waals surface area contributed by atoms with Crippen molar-refractivity contribution >= 4 is 17.7 Å². The zero-order valence-corrected chi connectivity index (χ0v) is 12.5. The summed E-state index contributed by atoms with van der Waals surface area (Å²) < 4.78 is 4.72. The summed E-state index contributed by atoms with van der Waals surface area (Å²) in [6.07, 6.45) is 7.36. The van der Waals surface area contributed by atoms with E-state index in [9.17, 15) is 4.79 Å². The van der Waals surface area contributed by atoms with Crippen LogP contribution >= 0.6 is 11.8 Å². The number of thioether (sulfide) groups is 1. The maximum absolute atomic E-state index is 11.4. The van der Waals surface area contributed by atoms with Gasteiger partial charge in [-0.05, 0) is 29.9 Å². The van der Waals surface area contributed by atoms with Crippen LogP contribution in [0.25, 0.3) is 0 Å². The van der Waals surface area contributed by atoms with Gasteiger partial charge in [-0.1, -0.05) is 56.1 Å². The molecular formula is C16H22O2S. The maximum Gasteiger partial charge on any atom is 0.331 e. The first kappa shape index (κ1) is 15.8. The first-order valence-corrected chi connectivity index (χ1v) is 7.59. The molecular weight excluding hydrogens is 256 g/mol. The molecule has 0 fully saturated rings. The molecule has 1 aromatic rings. The Morgan fingerprint density at radius 1 is 1.21 bits per heavy atom. The summed E-state index contributed by atoms with van der Waals surface area (Å²) >= 11 is 1.65. The molecule has 0 amide bonds. The van der Waals surface area contributed by atoms with E-state index in [1.54, 1.807) is 17.8 Å². The quantitative estimate of drug-likeness (QED) is 0.295. The molecule has 0 atom stereocenters. The fraction of sp³-hybridized carbons (Fsp3) is 0.438. The monoisotopic (exact) mass is 278 g/mol. The number of benzene rings is 1. The number of esters is 1. The Hall–Kier alpha value is -1.22. The van der Waals surface area contributed by atoms with Gasteiger partial charge in [0.1, 0.15) is 0 Å². The van der Waals surface area contributed by atoms with Crippen LogP contribution in [0.3, 0.4) is 0 Å². The number of unbranched alkanes of at least 4 members (excludes halogenated alkanes) is 3. The minimum Gasteiger partial charge on any atom is -0.466 e. The highest BCUT2D eigenvalue weighted by molar-refractivity contribution is 8.03. The van der Waals surface area contributed by atoms with Crippen LogP contribution < -0.4 is 0 Å². The van der Waals surface area contributed by atoms with Gasteiger partial charge in [0.15, 0.2) is 0 Å². The van der Waals surface area contributed by atoms with Crippen molar-refractivity contribution in [3.05, 3.63) is 41.3 Å². The zero-order valence-electron chi connectivity index (χ0n) is 11.7. The largest absolute Gasteiger partial charge is 0.466 e. The molecule has 104 valence electrons. The van der Waals surface area contributed by atoms with Crippen LogP contribution in [-0.2, 0) is 9.53 Å². The summed E-state index contributed by atoms with van der Waals surface area (Å²) in [4.78, 5) is 13.6. The van der Waals surface area contributed by atoms with Crippen molar-refractivity contribution in [2.75, 3.05) is 7.11 Å². The average Bonchev–Trinajstić information content (AvgIpc) is 2.44. The fourth-order valence-corrected chi connectivity index (χ4v) is 2.71. The number of methoxy groups -OCH3 is 1. The summed E-state index contributed by atoms with van der Waals surface area (Å²) in [6, 6.07) is 10.1. The molecule has 1 rings (SSSR count). The minimum atomic E-state index is -0.270. The highest BCUT2D eigenvalue weighted by atomic mass is 32.2. The lowest BCUT2D eigenvalue weighted by Gasteiger charge is -2.07. The number of hydrogen-bond donors (Lipinski definition) is 0. The number of carbonyl (C=O) groups is 1. The third kappa shape index (κ3) is 7.06. The molecule has 0 saturated carbocycles. The third-order valence-electron chi connectivity index (χ3n) is 2.75. The smallest absolute Gasteiger partial charge is 0.331 e. The second kappa shape index (κ2) is 9.68. The van der Waals surface area contributed by atoms with Gasteiger partial charge in [0.25, 0.3) is 0 Å². The van der Waals surface area contributed by atoms with Gasteiger partial charge in [0.05, 0.1) is 7.11 Å². The van der Waals surface area contributed by atoms with E-state index in [4.69, 9.17) is 4.74 Å². The Kier molecular flexibility index (Phi) is 8.07. The highest BCUT2D eigenvalue weighted by Gasteiger charge is 2.04. The molecule has 0 aliphatic rings. The summed E-state index contributed by atoms with van der Waals surface area (Å²) in [5.74, 6) is -0.270. The first-order chi connectivity index (χ1) is 9.26. The molecule has 0 spiro atoms. The normalized spacial score (nSPS) is 11.4. The van der Waals surface area contributed by atoms with Gasteiger partial charge in [0.2, 0.25) is 0 Å². The van der Waals surface area contributed by atoms with E-state index in [1.165, 1.54) is 26.4 Å². The van der Waals surface area contributed by atoms with Crippen molar-refractivity contribution in [3.63, 3.8) is 0 Å². The molecule has 1 aromatic carbocycles. The zero-order chi connectivity index (χ0) is 13.9. The topological polar surface area (TPSA) is 26.3 Å². The number of allylic oxidation sites excluding steroid dienone is 1. The van der Waals surface area contributed by atoms with Crippen LogP contribution in [0.5, 0.6) is 0 Å². The van der Waals surface area contributed by atoms with Gasteiger partial charge >= 0.3 is 5.97 Å². The molecule has 0 N–H and O–H groups in total. The van der Waals surface area contributed by atoms with E-state index in [0.717, 1.165) is 22.6 Å². The molecule has 2 nitrogen and oxygen atoms in total. The van der Waals surface area contributed by atoms with E-state index >= 15 is 0 Å². The number of hydrogen-bond acceptors (Lipinski definition) is 3. The molecule has 3 heteroatoms. The second-order valence-electron chi connectivity index (χ2n) is 4.36. The Balaban J connectivity index is 2.59. The van der Waals surface area contributed by atoms with Crippen molar-refractivity contribution in [2.24, 2.45) is 0 Å². The molecule has 0 aliphatic carbocycles. The Bertz CT molecular complexity index is 398. The van der Waals surface area contributed by atoms with Crippen LogP contribution in [0.15, 0.2) is 46.2 Å². The van der Waals surface area contributed by atoms with E-state index in [0.29, 0.717) is 0 Å². The van der Waals surface area contributed by atoms with Gasteiger partial charge in [-0.3, -0.25) is 0 Å². The maximum atomic E-state index is 11.4. The molecule has 0 saturated heterocycles. The van der Waals surface area contributed by atoms with Crippen molar-refractivity contribution in [1.82, 2.24) is 0 Å². The molecule has 19 heavy (non-hydrogen) atoms. The highest BCUT2D eigenvalue weighted by Crippen LogP contribution is 2.30. The molecule has 0 radical (unpaired) electrons. The molecule has 0 aliphatic heterocycles. The van der Waals surface area contributed by atoms with Crippen molar-refractivity contribution in [3.8, 4) is 0 Å². The van der Waals surface area contributed by atoms with Crippen molar-refractivity contribution in [2.45, 2.75) is 43.9 Å². The van der Waals surface area contributed by atoms with Gasteiger partial charge in [-0.15, -0.1) is 0 Å². The molecule has 0 heterocycles. The number of carbonyl (C=O) groups excluding carboxylic acids is 1. The predicted molar refractivity (Wildman–Crippen MR) is 81.2 cm³/mol. The van der Waals surface area contributed by atoms with Crippen LogP contribution in [0.4, 0.5) is 0 Å². The SMILES string of the molecule is CCCCCC/C(=C\C(=O)OC)Sc1ccccc1. The van der Waals surface area contributed by atoms with Crippen LogP contribution in [-0.4, -0.2) is 13.1 Å². The molecule has 0 bridgehead atoms. The van der Waals surface area contributed by atoms with E-state index in [-0.39, 0.29) is 5.97 Å². The summed E-state index contributed by atoms with van der Waals surface area (Å²) in [6.45, 7) is 2.20. The van der Waals surface area contributed by atoms with Crippen LogP contribution in [0, 0.1) is 0 Å². The van der Waals surface area contributed by atoms with Gasteiger partial charge in [0, 0.05) is 11.0 Å². The first-order valence-electron chi connectivity index (χ1n) is 6.77. The molecule has 0 unspecified atom stereocenters. The Morgan fingerprint density at radius 3 is 2.58 bits per heavy atom. The lowest BCUT2D eigenvalue weighted by atomic mass is 10.1. The summed E-state index contributed by atoms with van der Waals surface area (Å²) in [7, 11) is 1.42. The molecule has 0 aromatic heterocycles. The van der Waals surface area contributed by atoms with Gasteiger partial charge < -0.3 is 4.74 Å². The summed E-state index contributed by atoms with van der Waals surface area (Å²) in [5, 5.41) is 0. The van der Waals surface area contributed by atoms with Crippen molar-refractivity contribution in [1.29, 1.82) is 0 Å². The average molecular weight is 278 g/mol. The van der Waals surface area contributed by atoms with Gasteiger partial charge in [-0.25, -0.2) is 4.79 Å². The number of ether oxygens (including phenoxy) is 1. The Morgan fingerprint density at radius 2 is 1.95 bits per heavy atom. The van der Waals surface area contributed by atoms with Crippen LogP contribution in [0.1, 0.15) is 39.0 Å². The predicted octanol–water partition coefficient (Wildman–Crippen LogP) is 4.81. The second-order valence-corrected chi connectivity index (χ2v) is 5.56. The lowest BCUT2D eigenvalue weighted by Crippen LogP contribution is -1.96. The lowest BCUT2D eigenvalue weighted by molar-refractivity contribution is -0.134. The van der Waals surface area contributed by atoms with Crippen molar-refractivity contribution < 1.29 is 9.53 Å². The minimum absolute atomic E-state index is 0.270. The van der Waals surface area contributed by atoms with Gasteiger partial charge in [-0.2, -0.15) is 0 Å². The Labute approximate surface area is 120 Å². The van der Waals surface area contributed by atoms with E-state index < -0.39 is 0 Å². The third-order valence-corrected chi connectivity index (χ3v) is 3.84. The standard InChI is InChI=1S/C16H22O2S/c1-3-4-5-7-12-15(13-16(17)18-2)19-14-10-8-6-9-11-14/h6,8-11,13H,3-5,7,12H2,1-2H3/b15-13+. The fourth-order valence-electron chi connectivity index (χ4n) is 1.71. The van der Waals surface area contributed by atoms with E-state index in [1.807, 2.05) is 18.2 Å².